The van der Waals surface area contributed by atoms with Gasteiger partial charge in [0.05, 0.1) is 6.20 Å². The second-order valence-corrected chi connectivity index (χ2v) is 5.95. The SMILES string of the molecule is CC(C)(C)OC(=O)n1cc(Cc2ccccc2Cl)cn1. The van der Waals surface area contributed by atoms with Crippen LogP contribution >= 0.6 is 11.6 Å². The molecule has 0 bridgehead atoms. The molecule has 1 aromatic heterocycles. The summed E-state index contributed by atoms with van der Waals surface area (Å²) in [6.45, 7) is 5.46. The maximum Gasteiger partial charge on any atom is 0.435 e. The number of hydrogen-bond acceptors (Lipinski definition) is 3. The van der Waals surface area contributed by atoms with E-state index in [2.05, 4.69) is 5.10 Å². The minimum Gasteiger partial charge on any atom is -0.442 e. The Bertz CT molecular complexity index is 614. The van der Waals surface area contributed by atoms with Crippen molar-refractivity contribution in [2.45, 2.75) is 32.8 Å². The number of carbonyl (C=O) groups is 1. The summed E-state index contributed by atoms with van der Waals surface area (Å²) in [6.07, 6.45) is 3.45. The molecule has 0 aliphatic rings. The standard InChI is InChI=1S/C15H17ClN2O2/c1-15(2,3)20-14(19)18-10-11(9-17-18)8-12-6-4-5-7-13(12)16/h4-7,9-10H,8H2,1-3H3. The summed E-state index contributed by atoms with van der Waals surface area (Å²) in [4.78, 5) is 11.8. The van der Waals surface area contributed by atoms with Crippen LogP contribution in [0.5, 0.6) is 0 Å². The van der Waals surface area contributed by atoms with E-state index in [9.17, 15) is 4.79 Å². The van der Waals surface area contributed by atoms with E-state index in [4.69, 9.17) is 16.3 Å². The molecule has 0 radical (unpaired) electrons. The third-order valence-electron chi connectivity index (χ3n) is 2.57. The van der Waals surface area contributed by atoms with Crippen LogP contribution in [0.2, 0.25) is 5.02 Å². The number of carbonyl (C=O) groups excluding carboxylic acids is 1. The molecule has 2 rings (SSSR count). The first-order valence-corrected chi connectivity index (χ1v) is 6.73. The van der Waals surface area contributed by atoms with Crippen LogP contribution in [-0.4, -0.2) is 21.5 Å². The van der Waals surface area contributed by atoms with Crippen molar-refractivity contribution in [1.29, 1.82) is 0 Å². The van der Waals surface area contributed by atoms with Crippen LogP contribution in [0.1, 0.15) is 31.9 Å². The molecule has 0 aliphatic carbocycles. The average Bonchev–Trinajstić information content (AvgIpc) is 2.79. The Morgan fingerprint density at radius 2 is 2.05 bits per heavy atom. The Morgan fingerprint density at radius 1 is 1.35 bits per heavy atom. The number of hydrogen-bond donors (Lipinski definition) is 0. The number of ether oxygens (including phenoxy) is 1. The van der Waals surface area contributed by atoms with Crippen molar-refractivity contribution < 1.29 is 9.53 Å². The van der Waals surface area contributed by atoms with E-state index < -0.39 is 11.7 Å². The molecule has 0 saturated carbocycles. The van der Waals surface area contributed by atoms with Gasteiger partial charge in [-0.3, -0.25) is 0 Å². The highest BCUT2D eigenvalue weighted by atomic mass is 35.5. The maximum absolute atomic E-state index is 11.8. The molecule has 0 unspecified atom stereocenters. The van der Waals surface area contributed by atoms with Crippen molar-refractivity contribution in [3.8, 4) is 0 Å². The second-order valence-electron chi connectivity index (χ2n) is 5.54. The summed E-state index contributed by atoms with van der Waals surface area (Å²) in [5.74, 6) is 0. The summed E-state index contributed by atoms with van der Waals surface area (Å²) in [6, 6.07) is 7.61. The second kappa shape index (κ2) is 5.67. The summed E-state index contributed by atoms with van der Waals surface area (Å²) >= 11 is 6.11. The molecule has 0 fully saturated rings. The van der Waals surface area contributed by atoms with Crippen LogP contribution in [0, 0.1) is 0 Å². The molecule has 5 heteroatoms. The molecule has 0 spiro atoms. The number of nitrogens with zero attached hydrogens (tertiary/aromatic N) is 2. The van der Waals surface area contributed by atoms with Gasteiger partial charge >= 0.3 is 6.09 Å². The average molecular weight is 293 g/mol. The van der Waals surface area contributed by atoms with E-state index in [1.54, 1.807) is 12.4 Å². The summed E-state index contributed by atoms with van der Waals surface area (Å²) in [5.41, 5.74) is 1.37. The smallest absolute Gasteiger partial charge is 0.435 e. The molecule has 106 valence electrons. The van der Waals surface area contributed by atoms with Crippen LogP contribution in [-0.2, 0) is 11.2 Å². The minimum absolute atomic E-state index is 0.483. The van der Waals surface area contributed by atoms with Crippen LogP contribution in [0.3, 0.4) is 0 Å². The van der Waals surface area contributed by atoms with Crippen molar-refractivity contribution in [1.82, 2.24) is 9.78 Å². The summed E-state index contributed by atoms with van der Waals surface area (Å²) in [7, 11) is 0. The maximum atomic E-state index is 11.8. The van der Waals surface area contributed by atoms with Crippen molar-refractivity contribution >= 4 is 17.7 Å². The van der Waals surface area contributed by atoms with E-state index in [0.717, 1.165) is 11.1 Å². The van der Waals surface area contributed by atoms with Crippen LogP contribution in [0.25, 0.3) is 0 Å². The van der Waals surface area contributed by atoms with Crippen LogP contribution < -0.4 is 0 Å². The Kier molecular flexibility index (Phi) is 4.14. The number of halogens is 1. The van der Waals surface area contributed by atoms with Gasteiger partial charge in [0.25, 0.3) is 0 Å². The number of aromatic nitrogens is 2. The normalized spacial score (nSPS) is 11.4. The highest BCUT2D eigenvalue weighted by molar-refractivity contribution is 6.31. The topological polar surface area (TPSA) is 44.1 Å². The summed E-state index contributed by atoms with van der Waals surface area (Å²) < 4.78 is 6.45. The Balaban J connectivity index is 2.10. The first-order chi connectivity index (χ1) is 9.35. The van der Waals surface area contributed by atoms with Crippen LogP contribution in [0.15, 0.2) is 36.7 Å². The van der Waals surface area contributed by atoms with Gasteiger partial charge in [-0.25, -0.2) is 4.79 Å². The van der Waals surface area contributed by atoms with Crippen molar-refractivity contribution in [2.24, 2.45) is 0 Å². The highest BCUT2D eigenvalue weighted by Gasteiger charge is 2.18. The predicted molar refractivity (Wildman–Crippen MR) is 78.1 cm³/mol. The van der Waals surface area contributed by atoms with Gasteiger partial charge in [0, 0.05) is 17.6 Å². The Labute approximate surface area is 123 Å². The van der Waals surface area contributed by atoms with Gasteiger partial charge < -0.3 is 4.74 Å². The molecule has 2 aromatic rings. The molecule has 0 saturated heterocycles. The van der Waals surface area contributed by atoms with E-state index >= 15 is 0 Å². The molecule has 0 amide bonds. The zero-order valence-corrected chi connectivity index (χ0v) is 12.5. The molecule has 1 aromatic carbocycles. The number of benzene rings is 1. The first-order valence-electron chi connectivity index (χ1n) is 6.35. The zero-order valence-electron chi connectivity index (χ0n) is 11.8. The first kappa shape index (κ1) is 14.6. The van der Waals surface area contributed by atoms with Gasteiger partial charge in [0.2, 0.25) is 0 Å². The molecule has 20 heavy (non-hydrogen) atoms. The van der Waals surface area contributed by atoms with Gasteiger partial charge in [0.15, 0.2) is 0 Å². The van der Waals surface area contributed by atoms with Crippen molar-refractivity contribution in [2.75, 3.05) is 0 Å². The fraction of sp³-hybridized carbons (Fsp3) is 0.333. The van der Waals surface area contributed by atoms with E-state index in [-0.39, 0.29) is 0 Å². The fourth-order valence-corrected chi connectivity index (χ4v) is 1.92. The molecule has 4 nitrogen and oxygen atoms in total. The van der Waals surface area contributed by atoms with E-state index in [1.807, 2.05) is 45.0 Å². The van der Waals surface area contributed by atoms with Crippen molar-refractivity contribution in [3.63, 3.8) is 0 Å². The molecule has 0 atom stereocenters. The van der Waals surface area contributed by atoms with Gasteiger partial charge in [0.1, 0.15) is 5.60 Å². The molecular weight excluding hydrogens is 276 g/mol. The Morgan fingerprint density at radius 3 is 2.70 bits per heavy atom. The third kappa shape index (κ3) is 3.84. The molecule has 0 aliphatic heterocycles. The van der Waals surface area contributed by atoms with Crippen molar-refractivity contribution in [3.05, 3.63) is 52.8 Å². The van der Waals surface area contributed by atoms with Gasteiger partial charge in [-0.2, -0.15) is 9.78 Å². The highest BCUT2D eigenvalue weighted by Crippen LogP contribution is 2.18. The molecule has 1 heterocycles. The largest absolute Gasteiger partial charge is 0.442 e. The molecular formula is C15H17ClN2O2. The minimum atomic E-state index is -0.536. The lowest BCUT2D eigenvalue weighted by Gasteiger charge is -2.18. The third-order valence-corrected chi connectivity index (χ3v) is 2.94. The van der Waals surface area contributed by atoms with Gasteiger partial charge in [-0.15, -0.1) is 0 Å². The predicted octanol–water partition coefficient (Wildman–Crippen LogP) is 3.91. The van der Waals surface area contributed by atoms with Crippen LogP contribution in [0.4, 0.5) is 4.79 Å². The van der Waals surface area contributed by atoms with E-state index in [0.29, 0.717) is 11.4 Å². The van der Waals surface area contributed by atoms with E-state index in [1.165, 1.54) is 4.68 Å². The molecule has 0 N–H and O–H groups in total. The van der Waals surface area contributed by atoms with Gasteiger partial charge in [-0.1, -0.05) is 29.8 Å². The lowest BCUT2D eigenvalue weighted by atomic mass is 10.1. The number of rotatable bonds is 2. The quantitative estimate of drug-likeness (QED) is 0.843. The Hall–Kier alpha value is -1.81. The lowest BCUT2D eigenvalue weighted by Crippen LogP contribution is -2.27. The lowest BCUT2D eigenvalue weighted by molar-refractivity contribution is 0.0514. The zero-order chi connectivity index (χ0) is 14.8. The monoisotopic (exact) mass is 292 g/mol. The summed E-state index contributed by atoms with van der Waals surface area (Å²) in [5, 5.41) is 4.73. The fourth-order valence-electron chi connectivity index (χ4n) is 1.72. The van der Waals surface area contributed by atoms with Gasteiger partial charge in [-0.05, 0) is 38.0 Å².